The fourth-order valence-corrected chi connectivity index (χ4v) is 2.68. The predicted molar refractivity (Wildman–Crippen MR) is 110 cm³/mol. The van der Waals surface area contributed by atoms with Crippen molar-refractivity contribution in [3.63, 3.8) is 0 Å². The predicted octanol–water partition coefficient (Wildman–Crippen LogP) is 3.82. The molecule has 2 aromatic carbocycles. The fourth-order valence-electron chi connectivity index (χ4n) is 2.68. The first-order valence-electron chi connectivity index (χ1n) is 9.96. The molecule has 29 heavy (non-hydrogen) atoms. The van der Waals surface area contributed by atoms with E-state index in [-0.39, 0.29) is 0 Å². The first kappa shape index (κ1) is 22.1. The third-order valence-electron chi connectivity index (χ3n) is 4.37. The van der Waals surface area contributed by atoms with Gasteiger partial charge in [0.1, 0.15) is 0 Å². The summed E-state index contributed by atoms with van der Waals surface area (Å²) in [6.45, 7) is 5.27. The topological polar surface area (TPSA) is 94.4 Å². The number of carboxylic acids is 1. The molecule has 6 nitrogen and oxygen atoms in total. The molecule has 0 saturated heterocycles. The van der Waals surface area contributed by atoms with E-state index in [1.807, 2.05) is 6.07 Å². The van der Waals surface area contributed by atoms with Crippen LogP contribution in [0.2, 0.25) is 0 Å². The minimum Gasteiger partial charge on any atom is -0.548 e. The van der Waals surface area contributed by atoms with Gasteiger partial charge in [0.2, 0.25) is 0 Å². The van der Waals surface area contributed by atoms with Crippen molar-refractivity contribution in [2.24, 2.45) is 0 Å². The summed E-state index contributed by atoms with van der Waals surface area (Å²) in [5.74, 6) is -0.123. The summed E-state index contributed by atoms with van der Waals surface area (Å²) in [7, 11) is 0. The van der Waals surface area contributed by atoms with Gasteiger partial charge >= 0.3 is 0 Å². The Kier molecular flexibility index (Phi) is 8.84. The van der Waals surface area contributed by atoms with Gasteiger partial charge in [-0.2, -0.15) is 5.26 Å². The van der Waals surface area contributed by atoms with Crippen molar-refractivity contribution in [1.82, 2.24) is 0 Å². The summed E-state index contributed by atoms with van der Waals surface area (Å²) in [4.78, 5) is 11.8. The average molecular weight is 395 g/mol. The van der Waals surface area contributed by atoms with Crippen LogP contribution in [0.4, 0.5) is 5.69 Å². The molecular formula is C23H27N2O4-. The number of benzene rings is 2. The molecular weight excluding hydrogens is 368 g/mol. The van der Waals surface area contributed by atoms with Gasteiger partial charge in [0.15, 0.2) is 11.5 Å². The molecule has 0 heterocycles. The lowest BCUT2D eigenvalue weighted by Gasteiger charge is -2.23. The van der Waals surface area contributed by atoms with Crippen LogP contribution >= 0.6 is 0 Å². The van der Waals surface area contributed by atoms with Crippen LogP contribution in [0.5, 0.6) is 11.5 Å². The molecule has 0 radical (unpaired) electrons. The number of nitrogens with one attached hydrogen (secondary N) is 1. The van der Waals surface area contributed by atoms with Gasteiger partial charge in [-0.15, -0.1) is 0 Å². The second-order valence-electron chi connectivity index (χ2n) is 6.70. The molecule has 1 unspecified atom stereocenters. The van der Waals surface area contributed by atoms with E-state index in [0.29, 0.717) is 41.5 Å². The van der Waals surface area contributed by atoms with Crippen LogP contribution in [0.1, 0.15) is 56.7 Å². The second kappa shape index (κ2) is 11.6. The standard InChI is InChI=1S/C23H28N2O4/c1-3-5-13-28-20-12-9-18(15-21(20)29-14-6-4-2)22(23(26)27)25-19-10-7-17(16-24)8-11-19/h7-12,15,22,25H,3-6,13-14H2,1-2H3,(H,26,27)/p-1. The number of carbonyl (C=O) groups excluding carboxylic acids is 1. The van der Waals surface area contributed by atoms with E-state index in [1.165, 1.54) is 0 Å². The molecule has 0 aliphatic carbocycles. The largest absolute Gasteiger partial charge is 0.548 e. The Morgan fingerprint density at radius 2 is 1.66 bits per heavy atom. The van der Waals surface area contributed by atoms with Crippen molar-refractivity contribution in [2.45, 2.75) is 45.6 Å². The van der Waals surface area contributed by atoms with E-state index in [0.717, 1.165) is 25.7 Å². The second-order valence-corrected chi connectivity index (χ2v) is 6.70. The maximum Gasteiger partial charge on any atom is 0.161 e. The van der Waals surface area contributed by atoms with Crippen molar-refractivity contribution in [1.29, 1.82) is 5.26 Å². The number of carboxylic acid groups (broad SMARTS) is 1. The Bertz CT molecular complexity index is 828. The van der Waals surface area contributed by atoms with Crippen LogP contribution in [0, 0.1) is 11.3 Å². The van der Waals surface area contributed by atoms with E-state index in [1.54, 1.807) is 42.5 Å². The highest BCUT2D eigenvalue weighted by Crippen LogP contribution is 2.32. The van der Waals surface area contributed by atoms with Crippen molar-refractivity contribution in [3.8, 4) is 17.6 Å². The molecule has 0 saturated carbocycles. The summed E-state index contributed by atoms with van der Waals surface area (Å²) < 4.78 is 11.7. The molecule has 0 aromatic heterocycles. The Balaban J connectivity index is 2.25. The van der Waals surface area contributed by atoms with Gasteiger partial charge < -0.3 is 24.7 Å². The van der Waals surface area contributed by atoms with Gasteiger partial charge in [-0.05, 0) is 54.8 Å². The fraction of sp³-hybridized carbons (Fsp3) is 0.391. The van der Waals surface area contributed by atoms with Gasteiger partial charge in [0, 0.05) is 5.69 Å². The third kappa shape index (κ3) is 6.72. The average Bonchev–Trinajstić information content (AvgIpc) is 2.73. The highest BCUT2D eigenvalue weighted by Gasteiger charge is 2.16. The molecule has 0 bridgehead atoms. The lowest BCUT2D eigenvalue weighted by atomic mass is 10.1. The zero-order chi connectivity index (χ0) is 21.1. The Morgan fingerprint density at radius 1 is 1.03 bits per heavy atom. The van der Waals surface area contributed by atoms with E-state index >= 15 is 0 Å². The number of anilines is 1. The van der Waals surface area contributed by atoms with E-state index in [4.69, 9.17) is 14.7 Å². The normalized spacial score (nSPS) is 11.3. The van der Waals surface area contributed by atoms with Gasteiger partial charge in [-0.25, -0.2) is 0 Å². The maximum absolute atomic E-state index is 11.8. The van der Waals surface area contributed by atoms with Gasteiger partial charge in [-0.1, -0.05) is 32.8 Å². The molecule has 0 fully saturated rings. The highest BCUT2D eigenvalue weighted by molar-refractivity contribution is 5.78. The zero-order valence-electron chi connectivity index (χ0n) is 16.9. The number of aliphatic carboxylic acids is 1. The van der Waals surface area contributed by atoms with Crippen LogP contribution in [0.15, 0.2) is 42.5 Å². The summed E-state index contributed by atoms with van der Waals surface area (Å²) in [5.41, 5.74) is 1.58. The van der Waals surface area contributed by atoms with Gasteiger partial charge in [0.05, 0.1) is 36.9 Å². The number of rotatable bonds is 12. The summed E-state index contributed by atoms with van der Waals surface area (Å²) >= 11 is 0. The highest BCUT2D eigenvalue weighted by atomic mass is 16.5. The summed E-state index contributed by atoms with van der Waals surface area (Å²) in [6.07, 6.45) is 3.84. The minimum atomic E-state index is -1.26. The van der Waals surface area contributed by atoms with Crippen LogP contribution in [0.25, 0.3) is 0 Å². The molecule has 0 aliphatic heterocycles. The minimum absolute atomic E-state index is 0.501. The smallest absolute Gasteiger partial charge is 0.161 e. The number of hydrogen-bond acceptors (Lipinski definition) is 6. The number of carbonyl (C=O) groups is 1. The molecule has 1 atom stereocenters. The van der Waals surface area contributed by atoms with Gasteiger partial charge in [-0.3, -0.25) is 0 Å². The molecule has 0 aliphatic rings. The number of unbranched alkanes of at least 4 members (excludes halogenated alkanes) is 2. The van der Waals surface area contributed by atoms with Crippen LogP contribution in [0.3, 0.4) is 0 Å². The van der Waals surface area contributed by atoms with Crippen LogP contribution in [-0.2, 0) is 4.79 Å². The molecule has 2 rings (SSSR count). The SMILES string of the molecule is CCCCOc1ccc(C(Nc2ccc(C#N)cc2)C(=O)[O-])cc1OCCCC. The van der Waals surface area contributed by atoms with Crippen LogP contribution in [-0.4, -0.2) is 19.2 Å². The van der Waals surface area contributed by atoms with E-state index in [9.17, 15) is 9.90 Å². The summed E-state index contributed by atoms with van der Waals surface area (Å²) in [6, 6.07) is 12.7. The molecule has 154 valence electrons. The molecule has 0 spiro atoms. The molecule has 1 N–H and O–H groups in total. The Hall–Kier alpha value is -3.20. The molecule has 0 amide bonds. The number of ether oxygens (including phenoxy) is 2. The quantitative estimate of drug-likeness (QED) is 0.549. The maximum atomic E-state index is 11.8. The molecule has 6 heteroatoms. The van der Waals surface area contributed by atoms with Crippen molar-refractivity contribution >= 4 is 11.7 Å². The van der Waals surface area contributed by atoms with Crippen molar-refractivity contribution in [3.05, 3.63) is 53.6 Å². The number of hydrogen-bond donors (Lipinski definition) is 1. The lowest BCUT2D eigenvalue weighted by molar-refractivity contribution is -0.307. The summed E-state index contributed by atoms with van der Waals surface area (Å²) in [5, 5.41) is 23.6. The lowest BCUT2D eigenvalue weighted by Crippen LogP contribution is -2.34. The van der Waals surface area contributed by atoms with E-state index in [2.05, 4.69) is 19.2 Å². The number of nitriles is 1. The van der Waals surface area contributed by atoms with E-state index < -0.39 is 12.0 Å². The third-order valence-corrected chi connectivity index (χ3v) is 4.37. The first-order valence-corrected chi connectivity index (χ1v) is 9.96. The Morgan fingerprint density at radius 3 is 2.21 bits per heavy atom. The van der Waals surface area contributed by atoms with Crippen molar-refractivity contribution < 1.29 is 19.4 Å². The monoisotopic (exact) mass is 395 g/mol. The zero-order valence-corrected chi connectivity index (χ0v) is 16.9. The molecule has 2 aromatic rings. The van der Waals surface area contributed by atoms with Crippen molar-refractivity contribution in [2.75, 3.05) is 18.5 Å². The Labute approximate surface area is 172 Å². The van der Waals surface area contributed by atoms with Gasteiger partial charge in [0.25, 0.3) is 0 Å². The first-order chi connectivity index (χ1) is 14.1. The van der Waals surface area contributed by atoms with Crippen LogP contribution < -0.4 is 19.9 Å². The number of nitrogens with zero attached hydrogens (tertiary/aromatic N) is 1.